The molecule has 0 radical (unpaired) electrons. The van der Waals surface area contributed by atoms with Crippen LogP contribution in [0.15, 0.2) is 103 Å². The van der Waals surface area contributed by atoms with Crippen LogP contribution < -0.4 is 15.0 Å². The molecule has 1 saturated heterocycles. The number of rotatable bonds is 6. The van der Waals surface area contributed by atoms with Gasteiger partial charge in [0, 0.05) is 37.6 Å². The quantitative estimate of drug-likeness (QED) is 0.395. The summed E-state index contributed by atoms with van der Waals surface area (Å²) in [5.74, 6) is 0.404. The van der Waals surface area contributed by atoms with Crippen molar-refractivity contribution >= 4 is 23.2 Å². The zero-order valence-electron chi connectivity index (χ0n) is 21.0. The van der Waals surface area contributed by atoms with Crippen molar-refractivity contribution < 1.29 is 14.3 Å². The van der Waals surface area contributed by atoms with Crippen molar-refractivity contribution in [2.24, 2.45) is 0 Å². The summed E-state index contributed by atoms with van der Waals surface area (Å²) >= 11 is 0. The number of ether oxygens (including phenoxy) is 1. The normalized spacial score (nSPS) is 14.5. The highest BCUT2D eigenvalue weighted by atomic mass is 16.5. The third kappa shape index (κ3) is 4.73. The second kappa shape index (κ2) is 10.4. The van der Waals surface area contributed by atoms with Crippen molar-refractivity contribution in [1.82, 2.24) is 4.90 Å². The third-order valence-corrected chi connectivity index (χ3v) is 7.30. The molecule has 4 aromatic rings. The zero-order chi connectivity index (χ0) is 25.9. The van der Waals surface area contributed by atoms with Crippen molar-refractivity contribution in [3.05, 3.63) is 114 Å². The highest BCUT2D eigenvalue weighted by molar-refractivity contribution is 5.96. The fourth-order valence-electron chi connectivity index (χ4n) is 5.41. The summed E-state index contributed by atoms with van der Waals surface area (Å²) in [6.45, 7) is 2.83. The number of nitrogens with zero attached hydrogens (tertiary/aromatic N) is 2. The van der Waals surface area contributed by atoms with Crippen molar-refractivity contribution in [3.8, 4) is 16.9 Å². The summed E-state index contributed by atoms with van der Waals surface area (Å²) in [5.41, 5.74) is 6.34. The van der Waals surface area contributed by atoms with Crippen LogP contribution in [0.3, 0.4) is 0 Å². The molecular formula is C32H29N3O3. The highest BCUT2D eigenvalue weighted by Crippen LogP contribution is 2.45. The van der Waals surface area contributed by atoms with E-state index in [0.717, 1.165) is 35.6 Å². The van der Waals surface area contributed by atoms with E-state index >= 15 is 0 Å². The average Bonchev–Trinajstić information content (AvgIpc) is 3.31. The maximum Gasteiger partial charge on any atom is 0.262 e. The Hall–Kier alpha value is -4.58. The summed E-state index contributed by atoms with van der Waals surface area (Å²) in [6, 6.07) is 33.6. The van der Waals surface area contributed by atoms with E-state index < -0.39 is 0 Å². The predicted octanol–water partition coefficient (Wildman–Crippen LogP) is 5.17. The van der Waals surface area contributed by atoms with Crippen molar-refractivity contribution in [2.45, 2.75) is 5.92 Å². The first-order valence-electron chi connectivity index (χ1n) is 13.0. The van der Waals surface area contributed by atoms with E-state index in [1.54, 1.807) is 0 Å². The maximum absolute atomic E-state index is 13.7. The first-order valence-corrected chi connectivity index (χ1v) is 13.0. The molecule has 6 rings (SSSR count). The minimum Gasteiger partial charge on any atom is -0.484 e. The van der Waals surface area contributed by atoms with Crippen molar-refractivity contribution in [3.63, 3.8) is 0 Å². The van der Waals surface area contributed by atoms with Crippen LogP contribution in [0.5, 0.6) is 5.75 Å². The Morgan fingerprint density at radius 1 is 0.711 bits per heavy atom. The van der Waals surface area contributed by atoms with Crippen LogP contribution in [0, 0.1) is 0 Å². The van der Waals surface area contributed by atoms with Crippen LogP contribution in [0.2, 0.25) is 0 Å². The van der Waals surface area contributed by atoms with Crippen LogP contribution >= 0.6 is 0 Å². The fourth-order valence-corrected chi connectivity index (χ4v) is 5.41. The van der Waals surface area contributed by atoms with E-state index in [9.17, 15) is 9.59 Å². The average molecular weight is 504 g/mol. The molecule has 1 aliphatic heterocycles. The van der Waals surface area contributed by atoms with Crippen LogP contribution in [0.25, 0.3) is 11.1 Å². The lowest BCUT2D eigenvalue weighted by Crippen LogP contribution is -2.50. The van der Waals surface area contributed by atoms with E-state index in [1.165, 1.54) is 11.1 Å². The van der Waals surface area contributed by atoms with Crippen LogP contribution in [0.4, 0.5) is 11.4 Å². The summed E-state index contributed by atoms with van der Waals surface area (Å²) < 4.78 is 5.51. The largest absolute Gasteiger partial charge is 0.484 e. The van der Waals surface area contributed by atoms with Gasteiger partial charge in [-0.25, -0.2) is 0 Å². The van der Waals surface area contributed by atoms with Gasteiger partial charge in [-0.1, -0.05) is 66.7 Å². The summed E-state index contributed by atoms with van der Waals surface area (Å²) in [6.07, 6.45) is 0. The van der Waals surface area contributed by atoms with Gasteiger partial charge in [-0.2, -0.15) is 0 Å². The van der Waals surface area contributed by atoms with Crippen molar-refractivity contribution in [1.29, 1.82) is 0 Å². The van der Waals surface area contributed by atoms with Gasteiger partial charge in [-0.3, -0.25) is 9.59 Å². The molecule has 1 N–H and O–H groups in total. The van der Waals surface area contributed by atoms with E-state index in [2.05, 4.69) is 34.5 Å². The van der Waals surface area contributed by atoms with Gasteiger partial charge in [-0.05, 0) is 58.7 Å². The summed E-state index contributed by atoms with van der Waals surface area (Å²) in [4.78, 5) is 30.3. The van der Waals surface area contributed by atoms with Crippen molar-refractivity contribution in [2.75, 3.05) is 43.0 Å². The third-order valence-electron chi connectivity index (χ3n) is 7.30. The molecule has 1 heterocycles. The molecule has 0 bridgehead atoms. The van der Waals surface area contributed by atoms with E-state index in [1.807, 2.05) is 83.8 Å². The lowest BCUT2D eigenvalue weighted by atomic mass is 9.95. The molecule has 0 aromatic heterocycles. The molecule has 6 nitrogen and oxygen atoms in total. The molecule has 4 aromatic carbocycles. The van der Waals surface area contributed by atoms with E-state index in [-0.39, 0.29) is 24.3 Å². The number of hydrogen-bond acceptors (Lipinski definition) is 4. The van der Waals surface area contributed by atoms with Gasteiger partial charge in [-0.15, -0.1) is 0 Å². The monoisotopic (exact) mass is 503 g/mol. The lowest BCUT2D eigenvalue weighted by molar-refractivity contribution is -0.132. The lowest BCUT2D eigenvalue weighted by Gasteiger charge is -2.37. The van der Waals surface area contributed by atoms with Gasteiger partial charge in [0.2, 0.25) is 5.91 Å². The fraction of sp³-hybridized carbons (Fsp3) is 0.188. The van der Waals surface area contributed by atoms with Crippen LogP contribution in [-0.2, 0) is 9.59 Å². The molecule has 38 heavy (non-hydrogen) atoms. The van der Waals surface area contributed by atoms with Crippen LogP contribution in [-0.4, -0.2) is 49.5 Å². The number of hydrogen-bond donors (Lipinski definition) is 1. The molecule has 6 heteroatoms. The maximum atomic E-state index is 13.7. The first-order chi connectivity index (χ1) is 18.7. The molecule has 0 atom stereocenters. The van der Waals surface area contributed by atoms with Gasteiger partial charge in [0.25, 0.3) is 5.91 Å². The summed E-state index contributed by atoms with van der Waals surface area (Å²) in [5, 5.41) is 2.88. The number of piperazine rings is 1. The Labute approximate surface area is 222 Å². The number of carbonyl (C=O) groups excluding carboxylic acids is 2. The van der Waals surface area contributed by atoms with Crippen LogP contribution in [0.1, 0.15) is 17.0 Å². The number of fused-ring (bicyclic) bond motifs is 3. The number of benzene rings is 4. The Morgan fingerprint density at radius 3 is 1.92 bits per heavy atom. The molecule has 1 fully saturated rings. The van der Waals surface area contributed by atoms with Gasteiger partial charge >= 0.3 is 0 Å². The number of amides is 2. The number of nitrogens with one attached hydrogen (secondary N) is 1. The highest BCUT2D eigenvalue weighted by Gasteiger charge is 2.36. The van der Waals surface area contributed by atoms with E-state index in [4.69, 9.17) is 4.74 Å². The minimum atomic E-state index is -0.234. The predicted molar refractivity (Wildman–Crippen MR) is 150 cm³/mol. The SMILES string of the molecule is O=C(COc1ccccc1)Nc1ccc(N2CCN(C(=O)C3c4ccccc4-c4ccccc43)CC2)cc1. The molecule has 0 unspecified atom stereocenters. The van der Waals surface area contributed by atoms with Gasteiger partial charge < -0.3 is 19.9 Å². The number of para-hydroxylation sites is 1. The number of anilines is 2. The Balaban J connectivity index is 1.05. The second-order valence-corrected chi connectivity index (χ2v) is 9.62. The van der Waals surface area contributed by atoms with Gasteiger partial charge in [0.1, 0.15) is 5.75 Å². The Kier molecular flexibility index (Phi) is 6.53. The molecule has 1 aliphatic carbocycles. The first kappa shape index (κ1) is 23.8. The summed E-state index contributed by atoms with van der Waals surface area (Å²) in [7, 11) is 0. The molecule has 0 saturated carbocycles. The van der Waals surface area contributed by atoms with E-state index in [0.29, 0.717) is 18.8 Å². The topological polar surface area (TPSA) is 61.9 Å². The minimum absolute atomic E-state index is 0.0440. The molecular weight excluding hydrogens is 474 g/mol. The molecule has 2 aliphatic rings. The second-order valence-electron chi connectivity index (χ2n) is 9.62. The molecule has 2 amide bonds. The Morgan fingerprint density at radius 2 is 1.29 bits per heavy atom. The Bertz CT molecular complexity index is 1400. The smallest absolute Gasteiger partial charge is 0.262 e. The number of carbonyl (C=O) groups is 2. The standard InChI is InChI=1S/C32H29N3O3/c36-30(22-38-25-8-2-1-3-9-25)33-23-14-16-24(17-15-23)34-18-20-35(21-19-34)32(37)31-28-12-6-4-10-26(28)27-11-5-7-13-29(27)31/h1-17,31H,18-22H2,(H,33,36). The molecule has 0 spiro atoms. The molecule has 190 valence electrons. The van der Waals surface area contributed by atoms with Gasteiger partial charge in [0.05, 0.1) is 5.92 Å². The zero-order valence-corrected chi connectivity index (χ0v) is 21.0. The van der Waals surface area contributed by atoms with Gasteiger partial charge in [0.15, 0.2) is 6.61 Å².